The lowest BCUT2D eigenvalue weighted by Gasteiger charge is -2.12. The number of hydrogen-bond acceptors (Lipinski definition) is 0. The summed E-state index contributed by atoms with van der Waals surface area (Å²) < 4.78 is 2.24. The molecular formula is C18H24N+. The Labute approximate surface area is 116 Å². The van der Waals surface area contributed by atoms with Gasteiger partial charge in [0.25, 0.3) is 0 Å². The van der Waals surface area contributed by atoms with E-state index in [0.717, 1.165) is 6.42 Å². The van der Waals surface area contributed by atoms with Crippen LogP contribution >= 0.6 is 0 Å². The Morgan fingerprint density at radius 1 is 1.16 bits per heavy atom. The maximum absolute atomic E-state index is 2.31. The highest BCUT2D eigenvalue weighted by molar-refractivity contribution is 5.65. The number of nitrogens with zero attached hydrogens (tertiary/aromatic N) is 1. The van der Waals surface area contributed by atoms with Gasteiger partial charge in [0.15, 0.2) is 6.20 Å². The molecule has 2 rings (SSSR count). The Bertz CT molecular complexity index is 582. The predicted octanol–water partition coefficient (Wildman–Crippen LogP) is 4.17. The summed E-state index contributed by atoms with van der Waals surface area (Å²) in [5.74, 6) is 0.535. The van der Waals surface area contributed by atoms with E-state index in [4.69, 9.17) is 0 Å². The maximum Gasteiger partial charge on any atom is 0.215 e. The number of pyridine rings is 1. The molecule has 1 heteroatoms. The Hall–Kier alpha value is -1.63. The third kappa shape index (κ3) is 2.70. The average Bonchev–Trinajstić information content (AvgIpc) is 2.38. The first kappa shape index (κ1) is 13.8. The predicted molar refractivity (Wildman–Crippen MR) is 81.3 cm³/mol. The molecule has 1 aromatic carbocycles. The molecule has 100 valence electrons. The summed E-state index contributed by atoms with van der Waals surface area (Å²) >= 11 is 0. The van der Waals surface area contributed by atoms with Gasteiger partial charge >= 0.3 is 0 Å². The van der Waals surface area contributed by atoms with Crippen LogP contribution in [0.3, 0.4) is 0 Å². The van der Waals surface area contributed by atoms with E-state index in [9.17, 15) is 0 Å². The van der Waals surface area contributed by atoms with Crippen LogP contribution in [0, 0.1) is 6.92 Å². The highest BCUT2D eigenvalue weighted by Gasteiger charge is 2.19. The molecular weight excluding hydrogens is 230 g/mol. The topological polar surface area (TPSA) is 3.88 Å². The molecule has 0 atom stereocenters. The van der Waals surface area contributed by atoms with Crippen molar-refractivity contribution in [1.29, 1.82) is 0 Å². The van der Waals surface area contributed by atoms with E-state index in [2.05, 4.69) is 75.8 Å². The average molecular weight is 254 g/mol. The summed E-state index contributed by atoms with van der Waals surface area (Å²) in [5, 5.41) is 0. The van der Waals surface area contributed by atoms with Crippen molar-refractivity contribution in [2.45, 2.75) is 40.0 Å². The highest BCUT2D eigenvalue weighted by atomic mass is 14.9. The molecule has 0 fully saturated rings. The Balaban J connectivity index is 2.65. The lowest BCUT2D eigenvalue weighted by Crippen LogP contribution is -2.32. The first-order chi connectivity index (χ1) is 9.04. The molecule has 0 aliphatic heterocycles. The third-order valence-electron chi connectivity index (χ3n) is 3.79. The van der Waals surface area contributed by atoms with Gasteiger partial charge in [0.2, 0.25) is 5.69 Å². The zero-order valence-corrected chi connectivity index (χ0v) is 12.7. The van der Waals surface area contributed by atoms with Gasteiger partial charge in [-0.1, -0.05) is 32.9 Å². The second-order valence-electron chi connectivity index (χ2n) is 5.58. The van der Waals surface area contributed by atoms with Crippen LogP contribution in [0.25, 0.3) is 11.3 Å². The van der Waals surface area contributed by atoms with E-state index in [-0.39, 0.29) is 0 Å². The zero-order chi connectivity index (χ0) is 14.0. The van der Waals surface area contributed by atoms with Crippen LogP contribution in [-0.2, 0) is 13.5 Å². The van der Waals surface area contributed by atoms with Crippen LogP contribution in [0.4, 0.5) is 0 Å². The smallest absolute Gasteiger partial charge is 0.201 e. The van der Waals surface area contributed by atoms with Crippen molar-refractivity contribution in [3.8, 4) is 11.3 Å². The summed E-state index contributed by atoms with van der Waals surface area (Å²) in [6.45, 7) is 8.94. The Morgan fingerprint density at radius 3 is 2.47 bits per heavy atom. The molecule has 2 aromatic rings. The largest absolute Gasteiger partial charge is 0.215 e. The van der Waals surface area contributed by atoms with Gasteiger partial charge in [-0.3, -0.25) is 0 Å². The Kier molecular flexibility index (Phi) is 4.04. The van der Waals surface area contributed by atoms with E-state index in [1.54, 1.807) is 0 Å². The van der Waals surface area contributed by atoms with Crippen molar-refractivity contribution in [2.24, 2.45) is 7.05 Å². The molecule has 0 unspecified atom stereocenters. The third-order valence-corrected chi connectivity index (χ3v) is 3.79. The second-order valence-corrected chi connectivity index (χ2v) is 5.58. The van der Waals surface area contributed by atoms with E-state index in [1.807, 2.05) is 0 Å². The molecule has 1 aromatic heterocycles. The number of rotatable bonds is 3. The fourth-order valence-electron chi connectivity index (χ4n) is 2.66. The summed E-state index contributed by atoms with van der Waals surface area (Å²) in [6.07, 6.45) is 3.23. The molecule has 1 nitrogen and oxygen atoms in total. The highest BCUT2D eigenvalue weighted by Crippen LogP contribution is 2.28. The van der Waals surface area contributed by atoms with E-state index in [1.165, 1.54) is 27.9 Å². The van der Waals surface area contributed by atoms with Crippen molar-refractivity contribution in [1.82, 2.24) is 0 Å². The molecule has 0 amide bonds. The molecule has 0 aliphatic rings. The van der Waals surface area contributed by atoms with Crippen molar-refractivity contribution in [3.63, 3.8) is 0 Å². The van der Waals surface area contributed by atoms with E-state index >= 15 is 0 Å². The summed E-state index contributed by atoms with van der Waals surface area (Å²) in [5.41, 5.74) is 6.88. The summed E-state index contributed by atoms with van der Waals surface area (Å²) in [4.78, 5) is 0. The number of benzene rings is 1. The minimum absolute atomic E-state index is 0.535. The standard InChI is InChI=1S/C18H24N/c1-6-15-9-10-17(14(4)12-15)18-16(13(2)3)8-7-11-19(18)5/h7-13H,6H2,1-5H3/q+1. The van der Waals surface area contributed by atoms with Gasteiger partial charge in [0, 0.05) is 17.2 Å². The van der Waals surface area contributed by atoms with Gasteiger partial charge in [-0.15, -0.1) is 0 Å². The monoisotopic (exact) mass is 254 g/mol. The van der Waals surface area contributed by atoms with Crippen molar-refractivity contribution in [3.05, 3.63) is 53.2 Å². The lowest BCUT2D eigenvalue weighted by atomic mass is 9.93. The number of hydrogen-bond donors (Lipinski definition) is 0. The van der Waals surface area contributed by atoms with E-state index in [0.29, 0.717) is 5.92 Å². The molecule has 0 saturated carbocycles. The molecule has 0 saturated heterocycles. The Morgan fingerprint density at radius 2 is 1.89 bits per heavy atom. The minimum atomic E-state index is 0.535. The van der Waals surface area contributed by atoms with Crippen LogP contribution in [0.1, 0.15) is 43.4 Å². The second kappa shape index (κ2) is 5.56. The fraction of sp³-hybridized carbons (Fsp3) is 0.389. The lowest BCUT2D eigenvalue weighted by molar-refractivity contribution is -0.660. The van der Waals surface area contributed by atoms with Gasteiger partial charge in [0.05, 0.1) is 0 Å². The van der Waals surface area contributed by atoms with Gasteiger partial charge in [-0.05, 0) is 42.5 Å². The molecule has 0 spiro atoms. The van der Waals surface area contributed by atoms with Crippen LogP contribution in [0.2, 0.25) is 0 Å². The first-order valence-corrected chi connectivity index (χ1v) is 7.13. The van der Waals surface area contributed by atoms with E-state index < -0.39 is 0 Å². The quantitative estimate of drug-likeness (QED) is 0.724. The first-order valence-electron chi connectivity index (χ1n) is 7.13. The van der Waals surface area contributed by atoms with Gasteiger partial charge in [0.1, 0.15) is 7.05 Å². The maximum atomic E-state index is 2.31. The molecule has 0 aliphatic carbocycles. The minimum Gasteiger partial charge on any atom is -0.201 e. The van der Waals surface area contributed by atoms with Crippen molar-refractivity contribution < 1.29 is 4.57 Å². The van der Waals surface area contributed by atoms with Crippen molar-refractivity contribution >= 4 is 0 Å². The fourth-order valence-corrected chi connectivity index (χ4v) is 2.66. The zero-order valence-electron chi connectivity index (χ0n) is 12.7. The van der Waals surface area contributed by atoms with Crippen LogP contribution in [0.5, 0.6) is 0 Å². The van der Waals surface area contributed by atoms with Crippen LogP contribution < -0.4 is 4.57 Å². The molecule has 19 heavy (non-hydrogen) atoms. The molecule has 1 heterocycles. The molecule has 0 N–H and O–H groups in total. The van der Waals surface area contributed by atoms with Gasteiger partial charge in [-0.25, -0.2) is 4.57 Å². The number of aromatic nitrogens is 1. The van der Waals surface area contributed by atoms with Gasteiger partial charge in [-0.2, -0.15) is 0 Å². The van der Waals surface area contributed by atoms with Crippen LogP contribution in [0.15, 0.2) is 36.5 Å². The van der Waals surface area contributed by atoms with Crippen molar-refractivity contribution in [2.75, 3.05) is 0 Å². The summed E-state index contributed by atoms with van der Waals surface area (Å²) in [7, 11) is 2.13. The number of aryl methyl sites for hydroxylation is 3. The van der Waals surface area contributed by atoms with Gasteiger partial charge < -0.3 is 0 Å². The van der Waals surface area contributed by atoms with Crippen LogP contribution in [-0.4, -0.2) is 0 Å². The summed E-state index contributed by atoms with van der Waals surface area (Å²) in [6, 6.07) is 11.2. The molecule has 0 bridgehead atoms. The normalized spacial score (nSPS) is 11.1. The molecule has 0 radical (unpaired) electrons. The SMILES string of the molecule is CCc1ccc(-c2c(C(C)C)ccc[n+]2C)c(C)c1.